The molecule has 8 heteroatoms. The summed E-state index contributed by atoms with van der Waals surface area (Å²) >= 11 is 0. The van der Waals surface area contributed by atoms with Crippen molar-refractivity contribution in [2.24, 2.45) is 0 Å². The van der Waals surface area contributed by atoms with Crippen molar-refractivity contribution in [2.75, 3.05) is 13.7 Å². The van der Waals surface area contributed by atoms with Gasteiger partial charge in [-0.3, -0.25) is 9.59 Å². The summed E-state index contributed by atoms with van der Waals surface area (Å²) < 4.78 is 31.4. The SMILES string of the molecule is COc1cc(C)c([C@@H](C)NC(=O)CN2C(=O)c3ccccc3S2(=O)=O)cc1C(C)C. The van der Waals surface area contributed by atoms with E-state index in [1.54, 1.807) is 19.2 Å². The predicted octanol–water partition coefficient (Wildman–Crippen LogP) is 3.15. The summed E-state index contributed by atoms with van der Waals surface area (Å²) in [6.07, 6.45) is 0. The van der Waals surface area contributed by atoms with E-state index in [1.165, 1.54) is 12.1 Å². The second kappa shape index (κ2) is 8.10. The first kappa shape index (κ1) is 21.8. The normalized spacial score (nSPS) is 15.8. The number of rotatable bonds is 6. The maximum Gasteiger partial charge on any atom is 0.269 e. The molecule has 0 saturated carbocycles. The van der Waals surface area contributed by atoms with Gasteiger partial charge in [-0.15, -0.1) is 0 Å². The van der Waals surface area contributed by atoms with Gasteiger partial charge in [-0.05, 0) is 60.7 Å². The molecule has 0 bridgehead atoms. The molecule has 3 rings (SSSR count). The highest BCUT2D eigenvalue weighted by molar-refractivity contribution is 7.90. The number of fused-ring (bicyclic) bond motifs is 1. The molecule has 0 spiro atoms. The number of amides is 2. The van der Waals surface area contributed by atoms with Crippen LogP contribution >= 0.6 is 0 Å². The van der Waals surface area contributed by atoms with Crippen LogP contribution in [0.15, 0.2) is 41.3 Å². The van der Waals surface area contributed by atoms with Crippen LogP contribution in [0, 0.1) is 6.92 Å². The van der Waals surface area contributed by atoms with Crippen LogP contribution in [0.5, 0.6) is 5.75 Å². The molecule has 0 saturated heterocycles. The topological polar surface area (TPSA) is 92.8 Å². The van der Waals surface area contributed by atoms with E-state index in [9.17, 15) is 18.0 Å². The van der Waals surface area contributed by atoms with E-state index in [-0.39, 0.29) is 22.4 Å². The van der Waals surface area contributed by atoms with Gasteiger partial charge in [0.2, 0.25) is 5.91 Å². The zero-order valence-electron chi connectivity index (χ0n) is 17.7. The van der Waals surface area contributed by atoms with Gasteiger partial charge in [-0.2, -0.15) is 0 Å². The van der Waals surface area contributed by atoms with Crippen molar-refractivity contribution in [1.29, 1.82) is 0 Å². The van der Waals surface area contributed by atoms with E-state index in [0.717, 1.165) is 22.4 Å². The van der Waals surface area contributed by atoms with E-state index >= 15 is 0 Å². The minimum absolute atomic E-state index is 0.0663. The van der Waals surface area contributed by atoms with Gasteiger partial charge in [-0.25, -0.2) is 12.7 Å². The van der Waals surface area contributed by atoms with Crippen LogP contribution in [0.1, 0.15) is 59.8 Å². The monoisotopic (exact) mass is 430 g/mol. The molecule has 1 aliphatic rings. The lowest BCUT2D eigenvalue weighted by Gasteiger charge is -2.22. The van der Waals surface area contributed by atoms with Crippen molar-refractivity contribution in [1.82, 2.24) is 9.62 Å². The predicted molar refractivity (Wildman–Crippen MR) is 113 cm³/mol. The lowest BCUT2D eigenvalue weighted by atomic mass is 9.93. The Bertz CT molecular complexity index is 1110. The lowest BCUT2D eigenvalue weighted by Crippen LogP contribution is -2.41. The van der Waals surface area contributed by atoms with Crippen LogP contribution < -0.4 is 10.1 Å². The number of hydrogen-bond donors (Lipinski definition) is 1. The van der Waals surface area contributed by atoms with E-state index < -0.39 is 28.4 Å². The van der Waals surface area contributed by atoms with Crippen LogP contribution in [-0.4, -0.2) is 38.2 Å². The third-order valence-electron chi connectivity index (χ3n) is 5.28. The van der Waals surface area contributed by atoms with Crippen LogP contribution in [0.3, 0.4) is 0 Å². The Kier molecular flexibility index (Phi) is 5.90. The van der Waals surface area contributed by atoms with Gasteiger partial charge in [0.05, 0.1) is 18.7 Å². The fraction of sp³-hybridized carbons (Fsp3) is 0.364. The molecule has 1 heterocycles. The number of hydrogen-bond acceptors (Lipinski definition) is 5. The molecular formula is C22H26N2O5S. The smallest absolute Gasteiger partial charge is 0.269 e. The standard InChI is InChI=1S/C22H26N2O5S/c1-13(2)17-11-18(14(3)10-19(17)29-5)15(4)23-21(25)12-24-22(26)16-8-6-7-9-20(16)30(24,27)28/h6-11,13,15H,12H2,1-5H3,(H,23,25)/t15-/m1/s1. The van der Waals surface area contributed by atoms with Gasteiger partial charge in [0.15, 0.2) is 0 Å². The third kappa shape index (κ3) is 3.79. The van der Waals surface area contributed by atoms with Gasteiger partial charge in [0, 0.05) is 0 Å². The highest BCUT2D eigenvalue weighted by atomic mass is 32.2. The zero-order chi connectivity index (χ0) is 22.2. The molecule has 30 heavy (non-hydrogen) atoms. The first-order chi connectivity index (χ1) is 14.1. The second-order valence-corrected chi connectivity index (χ2v) is 9.54. The first-order valence-corrected chi connectivity index (χ1v) is 11.2. The maximum atomic E-state index is 12.6. The van der Waals surface area contributed by atoms with Gasteiger partial charge in [-0.1, -0.05) is 26.0 Å². The highest BCUT2D eigenvalue weighted by Crippen LogP contribution is 2.32. The summed E-state index contributed by atoms with van der Waals surface area (Å²) in [6, 6.07) is 9.52. The van der Waals surface area contributed by atoms with E-state index in [4.69, 9.17) is 4.74 Å². The molecule has 7 nitrogen and oxygen atoms in total. The molecule has 2 aromatic rings. The summed E-state index contributed by atoms with van der Waals surface area (Å²) in [5.74, 6) is -0.214. The van der Waals surface area contributed by atoms with Crippen LogP contribution in [0.25, 0.3) is 0 Å². The summed E-state index contributed by atoms with van der Waals surface area (Å²) in [5.41, 5.74) is 2.96. The van der Waals surface area contributed by atoms with Crippen molar-refractivity contribution in [3.63, 3.8) is 0 Å². The summed E-state index contributed by atoms with van der Waals surface area (Å²) in [4.78, 5) is 25.1. The number of carbonyl (C=O) groups is 2. The molecule has 0 fully saturated rings. The van der Waals surface area contributed by atoms with Crippen molar-refractivity contribution < 1.29 is 22.7 Å². The Morgan fingerprint density at radius 1 is 1.13 bits per heavy atom. The highest BCUT2D eigenvalue weighted by Gasteiger charge is 2.41. The third-order valence-corrected chi connectivity index (χ3v) is 7.07. The first-order valence-electron chi connectivity index (χ1n) is 9.71. The number of aryl methyl sites for hydroxylation is 1. The minimum atomic E-state index is -4.02. The van der Waals surface area contributed by atoms with Gasteiger partial charge >= 0.3 is 0 Å². The minimum Gasteiger partial charge on any atom is -0.496 e. The number of methoxy groups -OCH3 is 1. The molecule has 1 atom stereocenters. The number of benzene rings is 2. The molecule has 2 aromatic carbocycles. The zero-order valence-corrected chi connectivity index (χ0v) is 18.5. The molecule has 0 aliphatic carbocycles. The van der Waals surface area contributed by atoms with E-state index in [0.29, 0.717) is 4.31 Å². The maximum absolute atomic E-state index is 12.6. The molecule has 1 N–H and O–H groups in total. The molecule has 0 unspecified atom stereocenters. The molecule has 0 radical (unpaired) electrons. The Morgan fingerprint density at radius 2 is 1.80 bits per heavy atom. The van der Waals surface area contributed by atoms with E-state index in [2.05, 4.69) is 19.2 Å². The Balaban J connectivity index is 1.79. The Labute approximate surface area is 177 Å². The lowest BCUT2D eigenvalue weighted by molar-refractivity contribution is -0.121. The van der Waals surface area contributed by atoms with Crippen molar-refractivity contribution in [3.05, 3.63) is 58.7 Å². The molecule has 0 aromatic heterocycles. The van der Waals surface area contributed by atoms with Crippen LogP contribution in [0.4, 0.5) is 0 Å². The average molecular weight is 431 g/mol. The molecule has 1 aliphatic heterocycles. The summed E-state index contributed by atoms with van der Waals surface area (Å²) in [6.45, 7) is 7.30. The van der Waals surface area contributed by atoms with E-state index in [1.807, 2.05) is 26.0 Å². The van der Waals surface area contributed by atoms with Crippen molar-refractivity contribution in [3.8, 4) is 5.75 Å². The fourth-order valence-electron chi connectivity index (χ4n) is 3.69. The molecule has 2 amide bonds. The van der Waals surface area contributed by atoms with Gasteiger partial charge in [0.25, 0.3) is 15.9 Å². The molecule has 160 valence electrons. The van der Waals surface area contributed by atoms with Gasteiger partial charge < -0.3 is 10.1 Å². The number of nitrogens with one attached hydrogen (secondary N) is 1. The molecular weight excluding hydrogens is 404 g/mol. The van der Waals surface area contributed by atoms with Gasteiger partial charge in [0.1, 0.15) is 17.2 Å². The summed E-state index contributed by atoms with van der Waals surface area (Å²) in [7, 11) is -2.40. The van der Waals surface area contributed by atoms with Crippen LogP contribution in [0.2, 0.25) is 0 Å². The number of nitrogens with zero attached hydrogens (tertiary/aromatic N) is 1. The fourth-order valence-corrected chi connectivity index (χ4v) is 5.22. The summed E-state index contributed by atoms with van der Waals surface area (Å²) in [5, 5.41) is 2.81. The number of ether oxygens (including phenoxy) is 1. The van der Waals surface area contributed by atoms with Crippen molar-refractivity contribution >= 4 is 21.8 Å². The number of carbonyl (C=O) groups excluding carboxylic acids is 2. The largest absolute Gasteiger partial charge is 0.496 e. The quantitative estimate of drug-likeness (QED) is 0.760. The van der Waals surface area contributed by atoms with Crippen LogP contribution in [-0.2, 0) is 14.8 Å². The van der Waals surface area contributed by atoms with Crippen molar-refractivity contribution in [2.45, 2.75) is 44.6 Å². The average Bonchev–Trinajstić information content (AvgIpc) is 2.88. The number of sulfonamides is 1. The Hall–Kier alpha value is -2.87. The Morgan fingerprint density at radius 3 is 2.40 bits per heavy atom. The second-order valence-electron chi connectivity index (χ2n) is 7.71.